The van der Waals surface area contributed by atoms with Gasteiger partial charge in [0.25, 0.3) is 5.56 Å². The van der Waals surface area contributed by atoms with E-state index in [0.717, 1.165) is 0 Å². The third kappa shape index (κ3) is 1.48. The van der Waals surface area contributed by atoms with E-state index in [2.05, 4.69) is 4.98 Å². The fraction of sp³-hybridized carbons (Fsp3) is 0.143. The molecule has 1 heterocycles. The molecule has 0 aliphatic heterocycles. The largest absolute Gasteiger partial charge is 0.477 e. The van der Waals surface area contributed by atoms with E-state index in [1.165, 1.54) is 6.07 Å². The van der Waals surface area contributed by atoms with Crippen LogP contribution in [-0.2, 0) is 0 Å². The molecule has 0 aromatic carbocycles. The Balaban J connectivity index is 3.49. The molecule has 0 bridgehead atoms. The summed E-state index contributed by atoms with van der Waals surface area (Å²) in [6.45, 7) is 1.62. The molecule has 1 aromatic rings. The number of nitrogens with one attached hydrogen (secondary N) is 1. The van der Waals surface area contributed by atoms with Crippen LogP contribution < -0.4 is 5.56 Å². The second-order valence-corrected chi connectivity index (χ2v) is 2.72. The molecular weight excluding hydrogens is 182 g/mol. The Morgan fingerprint density at radius 2 is 2.25 bits per heavy atom. The van der Waals surface area contributed by atoms with E-state index < -0.39 is 17.1 Å². The van der Waals surface area contributed by atoms with Crippen molar-refractivity contribution in [3.63, 3.8) is 0 Å². The number of rotatable bonds is 1. The van der Waals surface area contributed by atoms with Gasteiger partial charge in [-0.1, -0.05) is 11.6 Å². The van der Waals surface area contributed by atoms with Gasteiger partial charge in [0.2, 0.25) is 0 Å². The number of aromatic nitrogens is 1. The van der Waals surface area contributed by atoms with Crippen LogP contribution in [-0.4, -0.2) is 16.1 Å². The maximum absolute atomic E-state index is 11.0. The number of carbonyl (C=O) groups is 1. The summed E-state index contributed by atoms with van der Waals surface area (Å²) < 4.78 is 0. The van der Waals surface area contributed by atoms with E-state index in [-0.39, 0.29) is 5.02 Å². The summed E-state index contributed by atoms with van der Waals surface area (Å²) in [4.78, 5) is 23.8. The zero-order chi connectivity index (χ0) is 9.30. The highest BCUT2D eigenvalue weighted by Gasteiger charge is 2.13. The first kappa shape index (κ1) is 8.80. The Kier molecular flexibility index (Phi) is 2.19. The zero-order valence-corrected chi connectivity index (χ0v) is 6.97. The first-order valence-corrected chi connectivity index (χ1v) is 3.53. The number of aryl methyl sites for hydroxylation is 1. The summed E-state index contributed by atoms with van der Waals surface area (Å²) in [5.41, 5.74) is -0.551. The molecule has 0 spiro atoms. The van der Waals surface area contributed by atoms with Crippen LogP contribution in [0.3, 0.4) is 0 Å². The van der Waals surface area contributed by atoms with E-state index in [0.29, 0.717) is 5.69 Å². The van der Waals surface area contributed by atoms with E-state index in [1.54, 1.807) is 6.92 Å². The normalized spacial score (nSPS) is 9.83. The quantitative estimate of drug-likeness (QED) is 0.690. The van der Waals surface area contributed by atoms with Crippen molar-refractivity contribution in [3.05, 3.63) is 32.7 Å². The standard InChI is InChI=1S/C7H6ClNO3/c1-3-2-4(8)5(7(11)12)6(10)9-3/h2H,1H3,(H,9,10)(H,11,12). The number of halogens is 1. The molecule has 64 valence electrons. The Morgan fingerprint density at radius 1 is 1.67 bits per heavy atom. The number of pyridine rings is 1. The summed E-state index contributed by atoms with van der Waals surface area (Å²) in [5.74, 6) is -1.32. The minimum absolute atomic E-state index is 0.0382. The molecule has 0 amide bonds. The van der Waals surface area contributed by atoms with Gasteiger partial charge >= 0.3 is 5.97 Å². The van der Waals surface area contributed by atoms with Gasteiger partial charge in [-0.15, -0.1) is 0 Å². The molecule has 1 aromatic heterocycles. The smallest absolute Gasteiger partial charge is 0.342 e. The van der Waals surface area contributed by atoms with Crippen LogP contribution in [0, 0.1) is 6.92 Å². The Morgan fingerprint density at radius 3 is 2.67 bits per heavy atom. The molecule has 0 unspecified atom stereocenters. The molecule has 1 rings (SSSR count). The summed E-state index contributed by atoms with van der Waals surface area (Å²) >= 11 is 5.53. The zero-order valence-electron chi connectivity index (χ0n) is 6.22. The van der Waals surface area contributed by atoms with Crippen molar-refractivity contribution < 1.29 is 9.90 Å². The molecule has 0 aliphatic carbocycles. The lowest BCUT2D eigenvalue weighted by Crippen LogP contribution is -2.18. The van der Waals surface area contributed by atoms with Crippen molar-refractivity contribution in [1.82, 2.24) is 4.98 Å². The molecule has 0 aliphatic rings. The second-order valence-electron chi connectivity index (χ2n) is 2.31. The molecule has 2 N–H and O–H groups in total. The number of carboxylic acids is 1. The lowest BCUT2D eigenvalue weighted by atomic mass is 10.2. The Hall–Kier alpha value is -1.29. The molecular formula is C7H6ClNO3. The molecule has 0 fully saturated rings. The van der Waals surface area contributed by atoms with Gasteiger partial charge in [-0.05, 0) is 13.0 Å². The van der Waals surface area contributed by atoms with Crippen molar-refractivity contribution >= 4 is 17.6 Å². The summed E-state index contributed by atoms with van der Waals surface area (Å²) in [7, 11) is 0. The first-order chi connectivity index (χ1) is 5.52. The average molecular weight is 188 g/mol. The van der Waals surface area contributed by atoms with Crippen LogP contribution in [0.25, 0.3) is 0 Å². The summed E-state index contributed by atoms with van der Waals surface area (Å²) in [6, 6.07) is 1.40. The monoisotopic (exact) mass is 187 g/mol. The van der Waals surface area contributed by atoms with Crippen LogP contribution in [0.15, 0.2) is 10.9 Å². The molecule has 0 saturated heterocycles. The number of aromatic carboxylic acids is 1. The lowest BCUT2D eigenvalue weighted by Gasteiger charge is -1.98. The summed E-state index contributed by atoms with van der Waals surface area (Å²) in [6.07, 6.45) is 0. The van der Waals surface area contributed by atoms with Crippen LogP contribution in [0.4, 0.5) is 0 Å². The van der Waals surface area contributed by atoms with E-state index >= 15 is 0 Å². The van der Waals surface area contributed by atoms with Gasteiger partial charge in [-0.25, -0.2) is 4.79 Å². The molecule has 12 heavy (non-hydrogen) atoms. The minimum atomic E-state index is -1.32. The van der Waals surface area contributed by atoms with Crippen LogP contribution >= 0.6 is 11.6 Å². The van der Waals surface area contributed by atoms with Crippen LogP contribution in [0.2, 0.25) is 5.02 Å². The van der Waals surface area contributed by atoms with Crippen molar-refractivity contribution in [1.29, 1.82) is 0 Å². The molecule has 0 atom stereocenters. The van der Waals surface area contributed by atoms with Gasteiger partial charge in [0.1, 0.15) is 5.56 Å². The molecule has 0 saturated carbocycles. The maximum atomic E-state index is 11.0. The third-order valence-corrected chi connectivity index (χ3v) is 1.63. The van der Waals surface area contributed by atoms with Gasteiger partial charge < -0.3 is 10.1 Å². The highest BCUT2D eigenvalue weighted by atomic mass is 35.5. The number of hydrogen-bond acceptors (Lipinski definition) is 2. The molecule has 5 heteroatoms. The second kappa shape index (κ2) is 2.98. The average Bonchev–Trinajstić information content (AvgIpc) is 1.82. The number of aromatic amines is 1. The predicted octanol–water partition coefficient (Wildman–Crippen LogP) is 1.03. The van der Waals surface area contributed by atoms with Gasteiger partial charge in [-0.2, -0.15) is 0 Å². The minimum Gasteiger partial charge on any atom is -0.477 e. The Bertz CT molecular complexity index is 383. The Labute approximate surface area is 72.8 Å². The van der Waals surface area contributed by atoms with Gasteiger partial charge in [-0.3, -0.25) is 4.79 Å². The fourth-order valence-electron chi connectivity index (χ4n) is 0.848. The van der Waals surface area contributed by atoms with E-state index in [4.69, 9.17) is 16.7 Å². The first-order valence-electron chi connectivity index (χ1n) is 3.15. The van der Waals surface area contributed by atoms with Gasteiger partial charge in [0.15, 0.2) is 0 Å². The van der Waals surface area contributed by atoms with E-state index in [9.17, 15) is 9.59 Å². The van der Waals surface area contributed by atoms with Crippen molar-refractivity contribution in [2.45, 2.75) is 6.92 Å². The maximum Gasteiger partial charge on any atom is 0.342 e. The lowest BCUT2D eigenvalue weighted by molar-refractivity contribution is 0.0695. The van der Waals surface area contributed by atoms with Crippen LogP contribution in [0.5, 0.6) is 0 Å². The SMILES string of the molecule is Cc1cc(Cl)c(C(=O)O)c(=O)[nH]1. The highest BCUT2D eigenvalue weighted by Crippen LogP contribution is 2.11. The van der Waals surface area contributed by atoms with Crippen LogP contribution in [0.1, 0.15) is 16.1 Å². The topological polar surface area (TPSA) is 70.2 Å². The van der Waals surface area contributed by atoms with E-state index in [1.807, 2.05) is 0 Å². The fourth-order valence-corrected chi connectivity index (χ4v) is 1.18. The molecule has 4 nitrogen and oxygen atoms in total. The van der Waals surface area contributed by atoms with Crippen molar-refractivity contribution in [3.8, 4) is 0 Å². The highest BCUT2D eigenvalue weighted by molar-refractivity contribution is 6.33. The van der Waals surface area contributed by atoms with Gasteiger partial charge in [0, 0.05) is 5.69 Å². The van der Waals surface area contributed by atoms with Gasteiger partial charge in [0.05, 0.1) is 5.02 Å². The van der Waals surface area contributed by atoms with Crippen molar-refractivity contribution in [2.24, 2.45) is 0 Å². The summed E-state index contributed by atoms with van der Waals surface area (Å²) in [5, 5.41) is 8.49. The predicted molar refractivity (Wildman–Crippen MR) is 43.8 cm³/mol. The number of H-pyrrole nitrogens is 1. The third-order valence-electron chi connectivity index (χ3n) is 1.33. The number of carboxylic acid groups (broad SMARTS) is 1. The van der Waals surface area contributed by atoms with Crippen molar-refractivity contribution in [2.75, 3.05) is 0 Å². The number of hydrogen-bond donors (Lipinski definition) is 2. The molecule has 0 radical (unpaired) electrons.